The lowest BCUT2D eigenvalue weighted by atomic mass is 10.2. The summed E-state index contributed by atoms with van der Waals surface area (Å²) in [6.07, 6.45) is 1.56. The van der Waals surface area contributed by atoms with Gasteiger partial charge in [0.05, 0.1) is 12.6 Å². The minimum atomic E-state index is 0. The number of para-hydroxylation sites is 1. The fourth-order valence-corrected chi connectivity index (χ4v) is 1.94. The summed E-state index contributed by atoms with van der Waals surface area (Å²) in [5.74, 6) is 1.60. The molecule has 0 amide bonds. The second kappa shape index (κ2) is 6.21. The highest BCUT2D eigenvalue weighted by atomic mass is 35.5. The van der Waals surface area contributed by atoms with E-state index in [1.165, 1.54) is 0 Å². The van der Waals surface area contributed by atoms with Crippen molar-refractivity contribution in [2.45, 2.75) is 0 Å². The Balaban J connectivity index is 0.00000147. The molecule has 1 aromatic heterocycles. The number of nitrogens with zero attached hydrogens (tertiary/aromatic N) is 2. The molecule has 0 aliphatic rings. The zero-order valence-corrected chi connectivity index (χ0v) is 11.7. The van der Waals surface area contributed by atoms with Crippen LogP contribution in [-0.4, -0.2) is 17.1 Å². The maximum atomic E-state index is 5.21. The Morgan fingerprint density at radius 1 is 1.00 bits per heavy atom. The van der Waals surface area contributed by atoms with Gasteiger partial charge in [-0.2, -0.15) is 0 Å². The Morgan fingerprint density at radius 2 is 1.85 bits per heavy atom. The summed E-state index contributed by atoms with van der Waals surface area (Å²) in [5, 5.41) is 4.28. The van der Waals surface area contributed by atoms with Crippen LogP contribution in [0.3, 0.4) is 0 Å². The number of rotatable bonds is 3. The molecule has 0 atom stereocenters. The minimum Gasteiger partial charge on any atom is -0.497 e. The Kier molecular flexibility index (Phi) is 4.38. The third-order valence-electron chi connectivity index (χ3n) is 2.88. The van der Waals surface area contributed by atoms with Crippen molar-refractivity contribution in [1.29, 1.82) is 0 Å². The van der Waals surface area contributed by atoms with Gasteiger partial charge in [-0.25, -0.2) is 9.97 Å². The van der Waals surface area contributed by atoms with Gasteiger partial charge in [-0.3, -0.25) is 0 Å². The number of ether oxygens (including phenoxy) is 1. The van der Waals surface area contributed by atoms with Gasteiger partial charge in [0, 0.05) is 17.1 Å². The predicted molar refractivity (Wildman–Crippen MR) is 83.1 cm³/mol. The summed E-state index contributed by atoms with van der Waals surface area (Å²) in [5.41, 5.74) is 1.85. The molecular formula is C15H14ClN3O. The van der Waals surface area contributed by atoms with Gasteiger partial charge < -0.3 is 10.1 Å². The number of hydrogen-bond donors (Lipinski definition) is 1. The first-order chi connectivity index (χ1) is 9.36. The monoisotopic (exact) mass is 287 g/mol. The molecule has 0 fully saturated rings. The Labute approximate surface area is 123 Å². The van der Waals surface area contributed by atoms with Crippen LogP contribution in [-0.2, 0) is 0 Å². The van der Waals surface area contributed by atoms with Crippen molar-refractivity contribution in [2.75, 3.05) is 12.4 Å². The fraction of sp³-hybridized carbons (Fsp3) is 0.0667. The van der Waals surface area contributed by atoms with Crippen LogP contribution in [0.5, 0.6) is 5.75 Å². The molecule has 1 heterocycles. The predicted octanol–water partition coefficient (Wildman–Crippen LogP) is 3.80. The number of aromatic nitrogens is 2. The molecular weight excluding hydrogens is 274 g/mol. The molecule has 0 bridgehead atoms. The Bertz CT molecular complexity index is 713. The van der Waals surface area contributed by atoms with E-state index in [0.717, 1.165) is 28.2 Å². The number of fused-ring (bicyclic) bond motifs is 1. The van der Waals surface area contributed by atoms with Crippen LogP contribution in [0.1, 0.15) is 0 Å². The van der Waals surface area contributed by atoms with Crippen molar-refractivity contribution in [3.63, 3.8) is 0 Å². The molecule has 5 heteroatoms. The summed E-state index contributed by atoms with van der Waals surface area (Å²) in [7, 11) is 1.65. The van der Waals surface area contributed by atoms with Gasteiger partial charge in [0.15, 0.2) is 0 Å². The number of benzene rings is 2. The number of anilines is 2. The van der Waals surface area contributed by atoms with Crippen LogP contribution >= 0.6 is 12.4 Å². The average molecular weight is 288 g/mol. The summed E-state index contributed by atoms with van der Waals surface area (Å²) < 4.78 is 5.21. The second-order valence-electron chi connectivity index (χ2n) is 4.10. The van der Waals surface area contributed by atoms with Gasteiger partial charge in [0.2, 0.25) is 0 Å². The lowest BCUT2D eigenvalue weighted by Gasteiger charge is -2.09. The summed E-state index contributed by atoms with van der Waals surface area (Å²) in [4.78, 5) is 8.54. The van der Waals surface area contributed by atoms with E-state index in [4.69, 9.17) is 4.74 Å². The van der Waals surface area contributed by atoms with Gasteiger partial charge >= 0.3 is 0 Å². The molecule has 1 N–H and O–H groups in total. The smallest absolute Gasteiger partial charge is 0.141 e. The van der Waals surface area contributed by atoms with E-state index in [1.54, 1.807) is 13.4 Å². The summed E-state index contributed by atoms with van der Waals surface area (Å²) in [6, 6.07) is 15.6. The molecule has 0 unspecified atom stereocenters. The first-order valence-corrected chi connectivity index (χ1v) is 5.97. The molecule has 0 aliphatic heterocycles. The van der Waals surface area contributed by atoms with E-state index in [0.29, 0.717) is 0 Å². The van der Waals surface area contributed by atoms with Gasteiger partial charge in [-0.05, 0) is 24.3 Å². The summed E-state index contributed by atoms with van der Waals surface area (Å²) in [6.45, 7) is 0. The molecule has 0 aliphatic carbocycles. The highest BCUT2D eigenvalue weighted by Gasteiger charge is 2.03. The van der Waals surface area contributed by atoms with Crippen molar-refractivity contribution < 1.29 is 4.74 Å². The quantitative estimate of drug-likeness (QED) is 0.796. The molecule has 0 radical (unpaired) electrons. The van der Waals surface area contributed by atoms with Crippen LogP contribution in [0.2, 0.25) is 0 Å². The molecule has 3 aromatic rings. The number of hydrogen-bond acceptors (Lipinski definition) is 4. The molecule has 2 aromatic carbocycles. The molecule has 4 nitrogen and oxygen atoms in total. The van der Waals surface area contributed by atoms with Crippen LogP contribution in [0.25, 0.3) is 10.9 Å². The third kappa shape index (κ3) is 2.81. The van der Waals surface area contributed by atoms with Crippen molar-refractivity contribution in [1.82, 2.24) is 9.97 Å². The number of nitrogens with one attached hydrogen (secondary N) is 1. The maximum Gasteiger partial charge on any atom is 0.141 e. The highest BCUT2D eigenvalue weighted by molar-refractivity contribution is 5.90. The zero-order valence-electron chi connectivity index (χ0n) is 10.9. The van der Waals surface area contributed by atoms with E-state index < -0.39 is 0 Å². The van der Waals surface area contributed by atoms with Crippen molar-refractivity contribution in [3.05, 3.63) is 54.9 Å². The van der Waals surface area contributed by atoms with Gasteiger partial charge in [0.1, 0.15) is 17.9 Å². The van der Waals surface area contributed by atoms with E-state index in [2.05, 4.69) is 15.3 Å². The normalized spacial score (nSPS) is 9.85. The van der Waals surface area contributed by atoms with Gasteiger partial charge in [-0.15, -0.1) is 12.4 Å². The highest BCUT2D eigenvalue weighted by Crippen LogP contribution is 2.24. The van der Waals surface area contributed by atoms with Crippen molar-refractivity contribution in [3.8, 4) is 5.75 Å². The Hall–Kier alpha value is -2.33. The molecule has 102 valence electrons. The molecule has 0 saturated carbocycles. The lowest BCUT2D eigenvalue weighted by Crippen LogP contribution is -1.96. The van der Waals surface area contributed by atoms with Crippen LogP contribution < -0.4 is 10.1 Å². The third-order valence-corrected chi connectivity index (χ3v) is 2.88. The standard InChI is InChI=1S/C15H13N3O.ClH/c1-19-12-6-4-5-11(9-12)18-15-13-7-2-3-8-14(13)16-10-17-15;/h2-10H,1H3,(H,16,17,18);1H. The van der Waals surface area contributed by atoms with Crippen LogP contribution in [0.15, 0.2) is 54.9 Å². The second-order valence-corrected chi connectivity index (χ2v) is 4.10. The van der Waals surface area contributed by atoms with E-state index in [-0.39, 0.29) is 12.4 Å². The summed E-state index contributed by atoms with van der Waals surface area (Å²) >= 11 is 0. The first kappa shape index (κ1) is 14.1. The average Bonchev–Trinajstić information content (AvgIpc) is 2.48. The molecule has 3 rings (SSSR count). The number of halogens is 1. The van der Waals surface area contributed by atoms with Crippen LogP contribution in [0, 0.1) is 0 Å². The van der Waals surface area contributed by atoms with Gasteiger partial charge in [0.25, 0.3) is 0 Å². The van der Waals surface area contributed by atoms with Crippen molar-refractivity contribution >= 4 is 34.8 Å². The zero-order chi connectivity index (χ0) is 13.1. The maximum absolute atomic E-state index is 5.21. The molecule has 0 spiro atoms. The largest absolute Gasteiger partial charge is 0.497 e. The topological polar surface area (TPSA) is 47.0 Å². The van der Waals surface area contributed by atoms with E-state index >= 15 is 0 Å². The van der Waals surface area contributed by atoms with Gasteiger partial charge in [-0.1, -0.05) is 18.2 Å². The Morgan fingerprint density at radius 3 is 2.70 bits per heavy atom. The lowest BCUT2D eigenvalue weighted by molar-refractivity contribution is 0.415. The fourth-order valence-electron chi connectivity index (χ4n) is 1.94. The van der Waals surface area contributed by atoms with E-state index in [1.807, 2.05) is 48.5 Å². The minimum absolute atomic E-state index is 0. The molecule has 0 saturated heterocycles. The molecule has 20 heavy (non-hydrogen) atoms. The SMILES string of the molecule is COc1cccc(Nc2ncnc3ccccc23)c1.Cl. The first-order valence-electron chi connectivity index (χ1n) is 5.97. The number of methoxy groups -OCH3 is 1. The van der Waals surface area contributed by atoms with Crippen molar-refractivity contribution in [2.24, 2.45) is 0 Å². The van der Waals surface area contributed by atoms with Crippen LogP contribution in [0.4, 0.5) is 11.5 Å². The van der Waals surface area contributed by atoms with E-state index in [9.17, 15) is 0 Å².